The van der Waals surface area contributed by atoms with E-state index in [2.05, 4.69) is 10.6 Å². The standard InChI is InChI=1S/C29H36ClF3N2O4/c1-18(2)25(20-9-11-21(30)12-10-20)35-26(36)28(39-27(37)29(31,32)33)14-13-22(34-15-16-38-4)17-24(28)23-8-6-5-7-19(23)3/h5-12,18,22,24-25,34H,13-17H2,1-4H3,(H,35,36)/t22-,24+,25?,28-/m1/s1. The molecule has 2 N–H and O–H groups in total. The molecule has 39 heavy (non-hydrogen) atoms. The number of alkyl halides is 3. The number of aryl methyl sites for hydroxylation is 1. The zero-order chi connectivity index (χ0) is 28.8. The summed E-state index contributed by atoms with van der Waals surface area (Å²) in [5.74, 6) is -4.07. The number of methoxy groups -OCH3 is 1. The third-order valence-corrected chi connectivity index (χ3v) is 7.58. The third kappa shape index (κ3) is 7.52. The van der Waals surface area contributed by atoms with Gasteiger partial charge in [-0.05, 0) is 60.9 Å². The Hall–Kier alpha value is -2.62. The maximum absolute atomic E-state index is 14.2. The van der Waals surface area contributed by atoms with Crippen LogP contribution < -0.4 is 10.6 Å². The number of hydrogen-bond acceptors (Lipinski definition) is 5. The molecule has 1 unspecified atom stereocenters. The molecule has 2 aromatic rings. The molecule has 0 heterocycles. The fourth-order valence-electron chi connectivity index (χ4n) is 5.29. The van der Waals surface area contributed by atoms with Gasteiger partial charge in [0, 0.05) is 30.6 Å². The Labute approximate surface area is 232 Å². The number of hydrogen-bond donors (Lipinski definition) is 2. The van der Waals surface area contributed by atoms with E-state index in [1.165, 1.54) is 0 Å². The first-order valence-corrected chi connectivity index (χ1v) is 13.4. The molecule has 0 spiro atoms. The summed E-state index contributed by atoms with van der Waals surface area (Å²) < 4.78 is 51.1. The van der Waals surface area contributed by atoms with Crippen LogP contribution in [0.2, 0.25) is 5.02 Å². The maximum Gasteiger partial charge on any atom is 0.490 e. The Bertz CT molecular complexity index is 1130. The van der Waals surface area contributed by atoms with E-state index >= 15 is 0 Å². The van der Waals surface area contributed by atoms with Crippen LogP contribution in [0.3, 0.4) is 0 Å². The van der Waals surface area contributed by atoms with Crippen molar-refractivity contribution in [3.8, 4) is 0 Å². The van der Waals surface area contributed by atoms with E-state index in [4.69, 9.17) is 21.1 Å². The molecule has 214 valence electrons. The van der Waals surface area contributed by atoms with Gasteiger partial charge in [0.1, 0.15) is 0 Å². The van der Waals surface area contributed by atoms with Gasteiger partial charge in [0.05, 0.1) is 12.6 Å². The number of nitrogens with one attached hydrogen (secondary N) is 2. The van der Waals surface area contributed by atoms with Gasteiger partial charge in [-0.15, -0.1) is 0 Å². The fraction of sp³-hybridized carbons (Fsp3) is 0.517. The molecule has 1 saturated carbocycles. The van der Waals surface area contributed by atoms with E-state index in [-0.39, 0.29) is 18.4 Å². The average molecular weight is 569 g/mol. The van der Waals surface area contributed by atoms with Crippen LogP contribution in [-0.2, 0) is 19.1 Å². The van der Waals surface area contributed by atoms with E-state index in [1.807, 2.05) is 32.9 Å². The molecule has 0 bridgehead atoms. The molecule has 0 aliphatic heterocycles. The lowest BCUT2D eigenvalue weighted by atomic mass is 9.68. The van der Waals surface area contributed by atoms with Gasteiger partial charge in [-0.2, -0.15) is 13.2 Å². The molecule has 0 saturated heterocycles. The van der Waals surface area contributed by atoms with Crippen LogP contribution in [0.25, 0.3) is 0 Å². The molecule has 1 fully saturated rings. The Morgan fingerprint density at radius 2 is 1.79 bits per heavy atom. The smallest absolute Gasteiger partial charge is 0.442 e. The van der Waals surface area contributed by atoms with E-state index in [0.717, 1.165) is 11.1 Å². The number of rotatable bonds is 10. The SMILES string of the molecule is COCCN[C@@H]1CC[C@](OC(=O)C(F)(F)F)(C(=O)NC(c2ccc(Cl)cc2)C(C)C)[C@H](c2ccccc2C)C1. The van der Waals surface area contributed by atoms with Crippen LogP contribution in [0.5, 0.6) is 0 Å². The monoisotopic (exact) mass is 568 g/mol. The van der Waals surface area contributed by atoms with Crippen molar-refractivity contribution in [2.45, 2.75) is 69.8 Å². The maximum atomic E-state index is 14.2. The van der Waals surface area contributed by atoms with Gasteiger partial charge in [-0.3, -0.25) is 4.79 Å². The summed E-state index contributed by atoms with van der Waals surface area (Å²) in [4.78, 5) is 26.5. The first-order chi connectivity index (χ1) is 18.4. The molecule has 3 rings (SSSR count). The van der Waals surface area contributed by atoms with E-state index < -0.39 is 35.6 Å². The lowest BCUT2D eigenvalue weighted by Crippen LogP contribution is -2.60. The van der Waals surface area contributed by atoms with Crippen LogP contribution in [-0.4, -0.2) is 50.0 Å². The molecule has 1 aliphatic carbocycles. The first-order valence-electron chi connectivity index (χ1n) is 13.0. The van der Waals surface area contributed by atoms with Gasteiger partial charge in [0.15, 0.2) is 5.60 Å². The highest BCUT2D eigenvalue weighted by molar-refractivity contribution is 6.30. The second-order valence-electron chi connectivity index (χ2n) is 10.4. The van der Waals surface area contributed by atoms with Gasteiger partial charge in [0.25, 0.3) is 5.91 Å². The zero-order valence-electron chi connectivity index (χ0n) is 22.6. The molecule has 4 atom stereocenters. The van der Waals surface area contributed by atoms with Gasteiger partial charge >= 0.3 is 12.1 Å². The summed E-state index contributed by atoms with van der Waals surface area (Å²) in [7, 11) is 1.58. The van der Waals surface area contributed by atoms with Crippen molar-refractivity contribution < 1.29 is 32.2 Å². The Morgan fingerprint density at radius 1 is 1.13 bits per heavy atom. The summed E-state index contributed by atoms with van der Waals surface area (Å²) in [6.07, 6.45) is -4.72. The molecule has 2 aromatic carbocycles. The van der Waals surface area contributed by atoms with Crippen molar-refractivity contribution in [2.75, 3.05) is 20.3 Å². The van der Waals surface area contributed by atoms with Crippen molar-refractivity contribution in [1.29, 1.82) is 0 Å². The molecular formula is C29H36ClF3N2O4. The van der Waals surface area contributed by atoms with Crippen LogP contribution >= 0.6 is 11.6 Å². The minimum absolute atomic E-state index is 0.0876. The molecular weight excluding hydrogens is 533 g/mol. The predicted molar refractivity (Wildman–Crippen MR) is 143 cm³/mol. The van der Waals surface area contributed by atoms with E-state index in [0.29, 0.717) is 36.6 Å². The van der Waals surface area contributed by atoms with Crippen LogP contribution in [0.4, 0.5) is 13.2 Å². The first kappa shape index (κ1) is 30.9. The Morgan fingerprint density at radius 3 is 2.38 bits per heavy atom. The summed E-state index contributed by atoms with van der Waals surface area (Å²) >= 11 is 6.04. The third-order valence-electron chi connectivity index (χ3n) is 7.32. The van der Waals surface area contributed by atoms with Crippen LogP contribution in [0.15, 0.2) is 48.5 Å². The number of carbonyl (C=O) groups excluding carboxylic acids is 2. The molecule has 0 aromatic heterocycles. The lowest BCUT2D eigenvalue weighted by molar-refractivity contribution is -0.219. The fourth-order valence-corrected chi connectivity index (χ4v) is 5.42. The highest BCUT2D eigenvalue weighted by atomic mass is 35.5. The normalized spacial score (nSPS) is 22.4. The molecule has 10 heteroatoms. The number of amides is 1. The van der Waals surface area contributed by atoms with Crippen molar-refractivity contribution in [1.82, 2.24) is 10.6 Å². The van der Waals surface area contributed by atoms with Gasteiger partial charge in [-0.1, -0.05) is 61.8 Å². The highest BCUT2D eigenvalue weighted by Crippen LogP contribution is 2.46. The number of halogens is 4. The number of benzene rings is 2. The Balaban J connectivity index is 2.08. The minimum atomic E-state index is -5.26. The number of carbonyl (C=O) groups is 2. The molecule has 1 amide bonds. The molecule has 6 nitrogen and oxygen atoms in total. The highest BCUT2D eigenvalue weighted by Gasteiger charge is 2.57. The quantitative estimate of drug-likeness (QED) is 0.277. The average Bonchev–Trinajstić information content (AvgIpc) is 2.88. The second-order valence-corrected chi connectivity index (χ2v) is 10.8. The minimum Gasteiger partial charge on any atom is -0.442 e. The van der Waals surface area contributed by atoms with Crippen molar-refractivity contribution >= 4 is 23.5 Å². The Kier molecular flexibility index (Phi) is 10.4. The number of ether oxygens (including phenoxy) is 2. The summed E-state index contributed by atoms with van der Waals surface area (Å²) in [6, 6.07) is 13.4. The van der Waals surface area contributed by atoms with Gasteiger partial charge in [-0.25, -0.2) is 4.79 Å². The van der Waals surface area contributed by atoms with Gasteiger partial charge < -0.3 is 20.1 Å². The van der Waals surface area contributed by atoms with Crippen LogP contribution in [0.1, 0.15) is 61.8 Å². The van der Waals surface area contributed by atoms with E-state index in [1.54, 1.807) is 43.5 Å². The zero-order valence-corrected chi connectivity index (χ0v) is 23.4. The van der Waals surface area contributed by atoms with E-state index in [9.17, 15) is 22.8 Å². The molecule has 1 aliphatic rings. The lowest BCUT2D eigenvalue weighted by Gasteiger charge is -2.46. The topological polar surface area (TPSA) is 76.7 Å². The van der Waals surface area contributed by atoms with Gasteiger partial charge in [0.2, 0.25) is 0 Å². The van der Waals surface area contributed by atoms with Crippen molar-refractivity contribution in [3.05, 3.63) is 70.2 Å². The summed E-state index contributed by atoms with van der Waals surface area (Å²) in [5, 5.41) is 6.81. The van der Waals surface area contributed by atoms with Crippen LogP contribution in [0, 0.1) is 12.8 Å². The molecule has 0 radical (unpaired) electrons. The second kappa shape index (κ2) is 13.2. The largest absolute Gasteiger partial charge is 0.490 e. The summed E-state index contributed by atoms with van der Waals surface area (Å²) in [6.45, 7) is 6.61. The van der Waals surface area contributed by atoms with Crippen molar-refractivity contribution in [2.24, 2.45) is 5.92 Å². The van der Waals surface area contributed by atoms with Crippen molar-refractivity contribution in [3.63, 3.8) is 0 Å². The summed E-state index contributed by atoms with van der Waals surface area (Å²) in [5.41, 5.74) is 0.117. The number of esters is 1. The predicted octanol–water partition coefficient (Wildman–Crippen LogP) is 5.88.